The van der Waals surface area contributed by atoms with Gasteiger partial charge in [0.05, 0.1) is 12.7 Å². The summed E-state index contributed by atoms with van der Waals surface area (Å²) >= 11 is 5.08. The van der Waals surface area contributed by atoms with Gasteiger partial charge in [-0.05, 0) is 55.0 Å². The summed E-state index contributed by atoms with van der Waals surface area (Å²) in [6, 6.07) is 10.9. The number of benzene rings is 2. The Labute approximate surface area is 133 Å². The van der Waals surface area contributed by atoms with Crippen LogP contribution in [0, 0.1) is 12.7 Å². The fraction of sp³-hybridized carbons (Fsp3) is 0.125. The van der Waals surface area contributed by atoms with Gasteiger partial charge in [-0.1, -0.05) is 12.1 Å². The van der Waals surface area contributed by atoms with Crippen molar-refractivity contribution in [3.8, 4) is 5.75 Å². The first kappa shape index (κ1) is 15.9. The largest absolute Gasteiger partial charge is 0.496 e. The molecule has 2 N–H and O–H groups in total. The molecule has 0 aliphatic carbocycles. The summed E-state index contributed by atoms with van der Waals surface area (Å²) in [5.41, 5.74) is 1.83. The number of thiocarbonyl (C=S) groups is 1. The summed E-state index contributed by atoms with van der Waals surface area (Å²) in [6.07, 6.45) is 0. The summed E-state index contributed by atoms with van der Waals surface area (Å²) in [5, 5.41) is 5.51. The topological polar surface area (TPSA) is 50.4 Å². The van der Waals surface area contributed by atoms with E-state index in [2.05, 4.69) is 10.6 Å². The summed E-state index contributed by atoms with van der Waals surface area (Å²) in [4.78, 5) is 12.3. The predicted molar refractivity (Wildman–Crippen MR) is 87.8 cm³/mol. The molecule has 2 aromatic rings. The lowest BCUT2D eigenvalue weighted by molar-refractivity contribution is 0.0974. The Morgan fingerprint density at radius 1 is 1.18 bits per heavy atom. The van der Waals surface area contributed by atoms with E-state index in [1.165, 1.54) is 31.4 Å². The Bertz CT molecular complexity index is 702. The maximum Gasteiger partial charge on any atom is 0.261 e. The highest BCUT2D eigenvalue weighted by Gasteiger charge is 2.15. The molecule has 2 aromatic carbocycles. The monoisotopic (exact) mass is 318 g/mol. The van der Waals surface area contributed by atoms with Gasteiger partial charge in [0.2, 0.25) is 0 Å². The van der Waals surface area contributed by atoms with Crippen molar-refractivity contribution in [2.45, 2.75) is 6.92 Å². The van der Waals surface area contributed by atoms with E-state index in [0.717, 1.165) is 5.56 Å². The highest BCUT2D eigenvalue weighted by molar-refractivity contribution is 7.80. The molecule has 0 aliphatic heterocycles. The summed E-state index contributed by atoms with van der Waals surface area (Å²) in [7, 11) is 1.51. The van der Waals surface area contributed by atoms with Gasteiger partial charge in [-0.25, -0.2) is 4.39 Å². The summed E-state index contributed by atoms with van der Waals surface area (Å²) in [6.45, 7) is 1.85. The molecule has 22 heavy (non-hydrogen) atoms. The van der Waals surface area contributed by atoms with E-state index in [9.17, 15) is 9.18 Å². The quantitative estimate of drug-likeness (QED) is 0.853. The Balaban J connectivity index is 2.07. The Morgan fingerprint density at radius 3 is 2.50 bits per heavy atom. The molecule has 0 saturated heterocycles. The molecule has 4 nitrogen and oxygen atoms in total. The minimum Gasteiger partial charge on any atom is -0.496 e. The number of methoxy groups -OCH3 is 1. The number of aryl methyl sites for hydroxylation is 1. The lowest BCUT2D eigenvalue weighted by Gasteiger charge is -2.13. The molecular weight excluding hydrogens is 303 g/mol. The first-order valence-electron chi connectivity index (χ1n) is 6.52. The van der Waals surface area contributed by atoms with Crippen LogP contribution in [0.3, 0.4) is 0 Å². The third-order valence-electron chi connectivity index (χ3n) is 2.99. The van der Waals surface area contributed by atoms with E-state index in [0.29, 0.717) is 17.0 Å². The maximum atomic E-state index is 12.8. The minimum atomic E-state index is -0.375. The van der Waals surface area contributed by atoms with E-state index in [1.54, 1.807) is 12.1 Å². The third-order valence-corrected chi connectivity index (χ3v) is 3.19. The third kappa shape index (κ3) is 3.79. The first-order chi connectivity index (χ1) is 10.5. The van der Waals surface area contributed by atoms with Crippen molar-refractivity contribution in [3.05, 3.63) is 59.4 Å². The molecule has 0 aromatic heterocycles. The smallest absolute Gasteiger partial charge is 0.261 e. The fourth-order valence-electron chi connectivity index (χ4n) is 1.97. The number of rotatable bonds is 3. The number of ether oxygens (including phenoxy) is 1. The van der Waals surface area contributed by atoms with Gasteiger partial charge in [-0.15, -0.1) is 0 Å². The van der Waals surface area contributed by atoms with Crippen LogP contribution in [0.25, 0.3) is 0 Å². The molecule has 1 amide bonds. The van der Waals surface area contributed by atoms with Crippen molar-refractivity contribution in [2.24, 2.45) is 0 Å². The van der Waals surface area contributed by atoms with E-state index < -0.39 is 0 Å². The van der Waals surface area contributed by atoms with Crippen LogP contribution in [0.15, 0.2) is 42.5 Å². The molecule has 0 spiro atoms. The van der Waals surface area contributed by atoms with Crippen molar-refractivity contribution < 1.29 is 13.9 Å². The van der Waals surface area contributed by atoms with Gasteiger partial charge in [0.15, 0.2) is 5.11 Å². The number of anilines is 1. The van der Waals surface area contributed by atoms with E-state index in [4.69, 9.17) is 17.0 Å². The molecule has 6 heteroatoms. The molecule has 0 bridgehead atoms. The SMILES string of the molecule is COc1c(C)cccc1C(=O)NC(=S)Nc1ccc(F)cc1. The van der Waals surface area contributed by atoms with Crippen LogP contribution in [-0.4, -0.2) is 18.1 Å². The predicted octanol–water partition coefficient (Wildman–Crippen LogP) is 3.27. The highest BCUT2D eigenvalue weighted by atomic mass is 32.1. The number of hydrogen-bond donors (Lipinski definition) is 2. The average molecular weight is 318 g/mol. The zero-order valence-corrected chi connectivity index (χ0v) is 13.0. The maximum absolute atomic E-state index is 12.8. The van der Waals surface area contributed by atoms with Gasteiger partial charge < -0.3 is 10.1 Å². The van der Waals surface area contributed by atoms with E-state index >= 15 is 0 Å². The Morgan fingerprint density at radius 2 is 1.86 bits per heavy atom. The molecule has 0 atom stereocenters. The lowest BCUT2D eigenvalue weighted by atomic mass is 10.1. The summed E-state index contributed by atoms with van der Waals surface area (Å²) in [5.74, 6) is -0.213. The molecule has 2 rings (SSSR count). The van der Waals surface area contributed by atoms with Crippen LogP contribution >= 0.6 is 12.2 Å². The second-order valence-corrected chi connectivity index (χ2v) is 4.98. The van der Waals surface area contributed by atoms with Crippen molar-refractivity contribution >= 4 is 28.9 Å². The zero-order chi connectivity index (χ0) is 16.1. The Hall–Kier alpha value is -2.47. The van der Waals surface area contributed by atoms with Crippen molar-refractivity contribution in [1.82, 2.24) is 5.32 Å². The van der Waals surface area contributed by atoms with Crippen LogP contribution < -0.4 is 15.4 Å². The van der Waals surface area contributed by atoms with Crippen molar-refractivity contribution in [3.63, 3.8) is 0 Å². The second-order valence-electron chi connectivity index (χ2n) is 4.57. The van der Waals surface area contributed by atoms with E-state index in [-0.39, 0.29) is 16.8 Å². The molecular formula is C16H15FN2O2S. The standard InChI is InChI=1S/C16H15FN2O2S/c1-10-4-3-5-13(14(10)21-2)15(20)19-16(22)18-12-8-6-11(17)7-9-12/h3-9H,1-2H3,(H2,18,19,20,22). The van der Waals surface area contributed by atoms with Gasteiger partial charge in [-0.3, -0.25) is 10.1 Å². The van der Waals surface area contributed by atoms with Gasteiger partial charge in [0.25, 0.3) is 5.91 Å². The van der Waals surface area contributed by atoms with Gasteiger partial charge in [-0.2, -0.15) is 0 Å². The number of carbonyl (C=O) groups excluding carboxylic acids is 1. The second kappa shape index (κ2) is 7.00. The minimum absolute atomic E-state index is 0.125. The lowest BCUT2D eigenvalue weighted by Crippen LogP contribution is -2.34. The Kier molecular flexibility index (Phi) is 5.06. The number of amides is 1. The highest BCUT2D eigenvalue weighted by Crippen LogP contribution is 2.22. The number of halogens is 1. The van der Waals surface area contributed by atoms with Crippen LogP contribution in [0.2, 0.25) is 0 Å². The molecule has 0 aliphatic rings. The van der Waals surface area contributed by atoms with Gasteiger partial charge >= 0.3 is 0 Å². The molecule has 114 valence electrons. The average Bonchev–Trinajstić information content (AvgIpc) is 2.49. The molecule has 0 radical (unpaired) electrons. The number of carbonyl (C=O) groups is 1. The number of hydrogen-bond acceptors (Lipinski definition) is 3. The zero-order valence-electron chi connectivity index (χ0n) is 12.1. The number of para-hydroxylation sites is 1. The summed E-state index contributed by atoms with van der Waals surface area (Å²) < 4.78 is 18.1. The van der Waals surface area contributed by atoms with Gasteiger partial charge in [0, 0.05) is 5.69 Å². The van der Waals surface area contributed by atoms with Crippen LogP contribution in [0.5, 0.6) is 5.75 Å². The molecule has 0 saturated carbocycles. The van der Waals surface area contributed by atoms with Crippen molar-refractivity contribution in [1.29, 1.82) is 0 Å². The molecule has 0 unspecified atom stereocenters. The van der Waals surface area contributed by atoms with Crippen molar-refractivity contribution in [2.75, 3.05) is 12.4 Å². The van der Waals surface area contributed by atoms with Crippen LogP contribution in [0.4, 0.5) is 10.1 Å². The van der Waals surface area contributed by atoms with Crippen LogP contribution in [0.1, 0.15) is 15.9 Å². The fourth-order valence-corrected chi connectivity index (χ4v) is 2.18. The molecule has 0 fully saturated rings. The van der Waals surface area contributed by atoms with Crippen LogP contribution in [-0.2, 0) is 0 Å². The first-order valence-corrected chi connectivity index (χ1v) is 6.93. The van der Waals surface area contributed by atoms with Gasteiger partial charge in [0.1, 0.15) is 11.6 Å². The van der Waals surface area contributed by atoms with E-state index in [1.807, 2.05) is 13.0 Å². The normalized spacial score (nSPS) is 9.95. The molecule has 0 heterocycles. The number of nitrogens with one attached hydrogen (secondary N) is 2.